The molecule has 0 amide bonds. The summed E-state index contributed by atoms with van der Waals surface area (Å²) in [7, 11) is 0. The SMILES string of the molecule is CCCC[Se]c1nccn1C#Cc1ccccc1. The molecule has 1 heterocycles. The Bertz CT molecular complexity index is 534. The molecule has 0 atom stereocenters. The van der Waals surface area contributed by atoms with Gasteiger partial charge in [0.2, 0.25) is 0 Å². The van der Waals surface area contributed by atoms with Crippen LogP contribution in [0.2, 0.25) is 5.32 Å². The molecule has 0 aliphatic rings. The monoisotopic (exact) mass is 304 g/mol. The van der Waals surface area contributed by atoms with Crippen molar-refractivity contribution in [2.75, 3.05) is 0 Å². The third-order valence-corrected chi connectivity index (χ3v) is 4.64. The van der Waals surface area contributed by atoms with Crippen LogP contribution in [0.1, 0.15) is 25.3 Å². The van der Waals surface area contributed by atoms with Crippen LogP contribution in [0.5, 0.6) is 0 Å². The van der Waals surface area contributed by atoms with Gasteiger partial charge in [0.1, 0.15) is 0 Å². The predicted octanol–water partition coefficient (Wildman–Crippen LogP) is 2.29. The summed E-state index contributed by atoms with van der Waals surface area (Å²) >= 11 is 0.435. The van der Waals surface area contributed by atoms with Gasteiger partial charge in [0, 0.05) is 0 Å². The van der Waals surface area contributed by atoms with Gasteiger partial charge in [0.15, 0.2) is 0 Å². The summed E-state index contributed by atoms with van der Waals surface area (Å²) in [4.78, 5) is 4.39. The van der Waals surface area contributed by atoms with Crippen LogP contribution in [-0.4, -0.2) is 24.5 Å². The van der Waals surface area contributed by atoms with E-state index in [4.69, 9.17) is 0 Å². The molecule has 0 aliphatic heterocycles. The van der Waals surface area contributed by atoms with E-state index in [-0.39, 0.29) is 0 Å². The molecule has 2 rings (SSSR count). The summed E-state index contributed by atoms with van der Waals surface area (Å²) in [5, 5.41) is 1.24. The minimum atomic E-state index is 0.435. The molecule has 0 fully saturated rings. The van der Waals surface area contributed by atoms with Gasteiger partial charge in [-0.05, 0) is 0 Å². The summed E-state index contributed by atoms with van der Waals surface area (Å²) in [6.45, 7) is 2.22. The Morgan fingerprint density at radius 1 is 1.28 bits per heavy atom. The molecule has 1 aromatic heterocycles. The molecule has 3 heteroatoms. The van der Waals surface area contributed by atoms with Crippen LogP contribution in [0.3, 0.4) is 0 Å². The van der Waals surface area contributed by atoms with E-state index >= 15 is 0 Å². The number of hydrogen-bond acceptors (Lipinski definition) is 1. The van der Waals surface area contributed by atoms with E-state index in [0.29, 0.717) is 15.0 Å². The summed E-state index contributed by atoms with van der Waals surface area (Å²) in [6.07, 6.45) is 6.30. The van der Waals surface area contributed by atoms with Gasteiger partial charge in [-0.1, -0.05) is 0 Å². The van der Waals surface area contributed by atoms with Crippen LogP contribution in [0.4, 0.5) is 0 Å². The van der Waals surface area contributed by atoms with Crippen molar-refractivity contribution in [1.29, 1.82) is 0 Å². The summed E-state index contributed by atoms with van der Waals surface area (Å²) in [5.41, 5.74) is 1.04. The molecule has 0 spiro atoms. The summed E-state index contributed by atoms with van der Waals surface area (Å²) in [5.74, 6) is 3.16. The average molecular weight is 303 g/mol. The molecule has 0 N–H and O–H groups in total. The summed E-state index contributed by atoms with van der Waals surface area (Å²) in [6, 6.07) is 13.2. The van der Waals surface area contributed by atoms with E-state index in [1.54, 1.807) is 0 Å². The van der Waals surface area contributed by atoms with E-state index in [0.717, 1.165) is 10.3 Å². The maximum atomic E-state index is 4.39. The fourth-order valence-electron chi connectivity index (χ4n) is 1.44. The molecule has 0 aliphatic carbocycles. The van der Waals surface area contributed by atoms with E-state index < -0.39 is 0 Å². The molecule has 0 unspecified atom stereocenters. The second kappa shape index (κ2) is 7.06. The molecule has 0 bridgehead atoms. The standard InChI is InChI=1S/C15H16N2Se/c1-2-3-13-18-15-16-10-12-17(15)11-9-14-7-5-4-6-8-14/h4-8,10,12H,2-3,13H2,1H3. The number of hydrogen-bond donors (Lipinski definition) is 0. The van der Waals surface area contributed by atoms with Crippen molar-refractivity contribution < 1.29 is 0 Å². The van der Waals surface area contributed by atoms with Gasteiger partial charge >= 0.3 is 115 Å². The van der Waals surface area contributed by atoms with Gasteiger partial charge in [0.25, 0.3) is 0 Å². The van der Waals surface area contributed by atoms with Crippen LogP contribution in [-0.2, 0) is 0 Å². The maximum absolute atomic E-state index is 4.39. The number of benzene rings is 1. The van der Waals surface area contributed by atoms with Crippen LogP contribution in [0.25, 0.3) is 0 Å². The third-order valence-electron chi connectivity index (χ3n) is 2.43. The average Bonchev–Trinajstić information content (AvgIpc) is 2.86. The molecular formula is C15H16N2Se. The van der Waals surface area contributed by atoms with Crippen molar-refractivity contribution in [3.63, 3.8) is 0 Å². The molecule has 2 nitrogen and oxygen atoms in total. The first kappa shape index (κ1) is 13.0. The fourth-order valence-corrected chi connectivity index (χ4v) is 3.53. The second-order valence-electron chi connectivity index (χ2n) is 3.88. The third kappa shape index (κ3) is 3.77. The Morgan fingerprint density at radius 3 is 2.89 bits per heavy atom. The zero-order valence-corrected chi connectivity index (χ0v) is 12.2. The molecule has 18 heavy (non-hydrogen) atoms. The van der Waals surface area contributed by atoms with Crippen molar-refractivity contribution in [3.8, 4) is 12.0 Å². The van der Waals surface area contributed by atoms with Crippen molar-refractivity contribution in [2.45, 2.75) is 25.1 Å². The molecule has 0 radical (unpaired) electrons. The molecule has 0 saturated carbocycles. The topological polar surface area (TPSA) is 17.8 Å². The Morgan fingerprint density at radius 2 is 2.11 bits per heavy atom. The van der Waals surface area contributed by atoms with Gasteiger partial charge in [-0.2, -0.15) is 0 Å². The molecule has 92 valence electrons. The number of nitrogens with zero attached hydrogens (tertiary/aromatic N) is 2. The molecule has 0 saturated heterocycles. The molecule has 1 aromatic carbocycles. The zero-order valence-electron chi connectivity index (χ0n) is 10.5. The van der Waals surface area contributed by atoms with Gasteiger partial charge < -0.3 is 0 Å². The minimum absolute atomic E-state index is 0.435. The van der Waals surface area contributed by atoms with E-state index in [1.165, 1.54) is 18.2 Å². The van der Waals surface area contributed by atoms with E-state index in [9.17, 15) is 0 Å². The first-order chi connectivity index (χ1) is 8.90. The number of unbranched alkanes of at least 4 members (excludes halogenated alkanes) is 1. The first-order valence-electron chi connectivity index (χ1n) is 6.13. The van der Waals surface area contributed by atoms with E-state index in [1.807, 2.05) is 47.3 Å². The van der Waals surface area contributed by atoms with E-state index in [2.05, 4.69) is 23.9 Å². The molecule has 2 aromatic rings. The second-order valence-corrected chi connectivity index (χ2v) is 6.11. The molecular weight excluding hydrogens is 287 g/mol. The Hall–Kier alpha value is -1.49. The van der Waals surface area contributed by atoms with Crippen LogP contribution in [0.15, 0.2) is 42.7 Å². The predicted molar refractivity (Wildman–Crippen MR) is 76.0 cm³/mol. The number of imidazole rings is 1. The Kier molecular flexibility index (Phi) is 5.08. The Balaban J connectivity index is 2.06. The van der Waals surface area contributed by atoms with Gasteiger partial charge in [-0.15, -0.1) is 0 Å². The number of rotatable bonds is 4. The Labute approximate surface area is 115 Å². The number of aromatic nitrogens is 2. The van der Waals surface area contributed by atoms with Crippen LogP contribution >= 0.6 is 0 Å². The first-order valence-corrected chi connectivity index (χ1v) is 8.20. The van der Waals surface area contributed by atoms with Crippen molar-refractivity contribution in [1.82, 2.24) is 9.55 Å². The van der Waals surface area contributed by atoms with Crippen LogP contribution < -0.4 is 4.72 Å². The van der Waals surface area contributed by atoms with Crippen LogP contribution in [0, 0.1) is 12.0 Å². The quantitative estimate of drug-likeness (QED) is 0.481. The normalized spacial score (nSPS) is 9.83. The van der Waals surface area contributed by atoms with Crippen molar-refractivity contribution in [3.05, 3.63) is 48.3 Å². The van der Waals surface area contributed by atoms with Gasteiger partial charge in [-0.25, -0.2) is 0 Å². The van der Waals surface area contributed by atoms with Gasteiger partial charge in [-0.3, -0.25) is 0 Å². The zero-order chi connectivity index (χ0) is 12.6. The van der Waals surface area contributed by atoms with Crippen molar-refractivity contribution in [2.24, 2.45) is 0 Å². The van der Waals surface area contributed by atoms with Crippen molar-refractivity contribution >= 4 is 19.7 Å². The summed E-state index contributed by atoms with van der Waals surface area (Å²) < 4.78 is 3.09. The van der Waals surface area contributed by atoms with Gasteiger partial charge in [0.05, 0.1) is 0 Å². The fraction of sp³-hybridized carbons (Fsp3) is 0.267.